The Labute approximate surface area is 171 Å². The molecule has 150 valence electrons. The zero-order valence-corrected chi connectivity index (χ0v) is 18.9. The molecule has 0 saturated heterocycles. The Balaban J connectivity index is 2.01. The van der Waals surface area contributed by atoms with Crippen molar-refractivity contribution in [3.8, 4) is 0 Å². The van der Waals surface area contributed by atoms with Gasteiger partial charge in [-0.25, -0.2) is 0 Å². The first kappa shape index (κ1) is 22.3. The largest absolute Gasteiger partial charge is 0.381 e. The highest BCUT2D eigenvalue weighted by molar-refractivity contribution is 8.38. The van der Waals surface area contributed by atoms with Gasteiger partial charge in [0.15, 0.2) is 4.38 Å². The van der Waals surface area contributed by atoms with Gasteiger partial charge >= 0.3 is 0 Å². The maximum atomic E-state index is 12.4. The number of hydrazone groups is 1. The van der Waals surface area contributed by atoms with Gasteiger partial charge in [-0.15, -0.1) is 11.8 Å². The minimum atomic E-state index is -3.65. The number of nitrogens with one attached hydrogen (secondary N) is 1. The highest BCUT2D eigenvalue weighted by Crippen LogP contribution is 2.36. The maximum absolute atomic E-state index is 12.4. The first-order chi connectivity index (χ1) is 12.7. The van der Waals surface area contributed by atoms with Crippen molar-refractivity contribution >= 4 is 37.9 Å². The summed E-state index contributed by atoms with van der Waals surface area (Å²) in [7, 11) is -1.89. The van der Waals surface area contributed by atoms with Crippen LogP contribution in [0.3, 0.4) is 0 Å². The summed E-state index contributed by atoms with van der Waals surface area (Å²) in [5.41, 5.74) is 2.37. The fourth-order valence-corrected chi connectivity index (χ4v) is 5.43. The van der Waals surface area contributed by atoms with Crippen LogP contribution in [0.4, 0.5) is 0 Å². The van der Waals surface area contributed by atoms with Crippen LogP contribution in [-0.2, 0) is 14.8 Å². The number of rotatable bonds is 6. The van der Waals surface area contributed by atoms with Crippen molar-refractivity contribution in [2.45, 2.75) is 44.6 Å². The van der Waals surface area contributed by atoms with E-state index in [1.807, 2.05) is 13.2 Å². The average Bonchev–Trinajstić information content (AvgIpc) is 2.61. The summed E-state index contributed by atoms with van der Waals surface area (Å²) < 4.78 is 31.0. The van der Waals surface area contributed by atoms with Gasteiger partial charge in [0.25, 0.3) is 10.0 Å². The Morgan fingerprint density at radius 1 is 1.33 bits per heavy atom. The molecule has 5 nitrogen and oxygen atoms in total. The minimum absolute atomic E-state index is 0.00653. The van der Waals surface area contributed by atoms with E-state index in [1.165, 1.54) is 17.3 Å². The van der Waals surface area contributed by atoms with E-state index >= 15 is 0 Å². The fourth-order valence-electron chi connectivity index (χ4n) is 3.07. The van der Waals surface area contributed by atoms with E-state index in [2.05, 4.69) is 29.9 Å². The van der Waals surface area contributed by atoms with Gasteiger partial charge in [0.2, 0.25) is 0 Å². The zero-order valence-electron chi connectivity index (χ0n) is 16.5. The van der Waals surface area contributed by atoms with Crippen LogP contribution >= 0.6 is 23.5 Å². The molecule has 27 heavy (non-hydrogen) atoms. The second-order valence-corrected chi connectivity index (χ2v) is 10.8. The van der Waals surface area contributed by atoms with Crippen molar-refractivity contribution in [1.82, 2.24) is 4.83 Å². The van der Waals surface area contributed by atoms with Crippen LogP contribution in [0.5, 0.6) is 0 Å². The van der Waals surface area contributed by atoms with E-state index in [-0.39, 0.29) is 16.4 Å². The van der Waals surface area contributed by atoms with E-state index in [0.717, 1.165) is 24.2 Å². The molecule has 1 atom stereocenters. The molecule has 0 spiro atoms. The number of thioether (sulfide) groups is 2. The van der Waals surface area contributed by atoms with Crippen molar-refractivity contribution < 1.29 is 13.2 Å². The smallest absolute Gasteiger partial charge is 0.276 e. The Morgan fingerprint density at radius 3 is 2.56 bits per heavy atom. The van der Waals surface area contributed by atoms with Gasteiger partial charge in [-0.2, -0.15) is 18.4 Å². The molecule has 0 fully saturated rings. The van der Waals surface area contributed by atoms with E-state index in [9.17, 15) is 8.42 Å². The fraction of sp³-hybridized carbons (Fsp3) is 0.526. The summed E-state index contributed by atoms with van der Waals surface area (Å²) in [4.78, 5) is 2.56. The quantitative estimate of drug-likeness (QED) is 0.315. The van der Waals surface area contributed by atoms with Crippen LogP contribution in [0.25, 0.3) is 0 Å². The molecule has 1 aliphatic carbocycles. The molecule has 0 radical (unpaired) electrons. The average molecular weight is 429 g/mol. The van der Waals surface area contributed by atoms with Crippen LogP contribution in [0.15, 0.2) is 45.9 Å². The maximum Gasteiger partial charge on any atom is 0.276 e. The Bertz CT molecular complexity index is 800. The molecule has 0 heterocycles. The Morgan fingerprint density at radius 2 is 2.00 bits per heavy atom. The van der Waals surface area contributed by atoms with Crippen LogP contribution in [-0.4, -0.2) is 38.0 Å². The van der Waals surface area contributed by atoms with Crippen LogP contribution in [0.2, 0.25) is 0 Å². The van der Waals surface area contributed by atoms with Crippen LogP contribution in [0.1, 0.15) is 32.3 Å². The van der Waals surface area contributed by atoms with Crippen molar-refractivity contribution in [3.63, 3.8) is 0 Å². The van der Waals surface area contributed by atoms with Crippen molar-refractivity contribution in [3.05, 3.63) is 41.5 Å². The van der Waals surface area contributed by atoms with Crippen molar-refractivity contribution in [2.75, 3.05) is 19.1 Å². The predicted molar refractivity (Wildman–Crippen MR) is 117 cm³/mol. The van der Waals surface area contributed by atoms with E-state index in [4.69, 9.17) is 4.74 Å². The second-order valence-electron chi connectivity index (χ2n) is 7.17. The third kappa shape index (κ3) is 6.27. The molecule has 0 aliphatic heterocycles. The molecule has 0 amide bonds. The highest BCUT2D eigenvalue weighted by Gasteiger charge is 2.31. The molecule has 1 N–H and O–H groups in total. The van der Waals surface area contributed by atoms with E-state index in [1.54, 1.807) is 43.1 Å². The topological polar surface area (TPSA) is 67.8 Å². The lowest BCUT2D eigenvalue weighted by molar-refractivity contribution is 0.0196. The molecule has 1 unspecified atom stereocenters. The SMILES string of the molecule is COC1CCC(CS/C(=N/NS(=O)(=O)c2ccc(C)cc2)SC)=CC1(C)C. The summed E-state index contributed by atoms with van der Waals surface area (Å²) in [6.45, 7) is 6.29. The van der Waals surface area contributed by atoms with Gasteiger partial charge < -0.3 is 4.74 Å². The number of benzene rings is 1. The number of hydrogen-bond acceptors (Lipinski definition) is 6. The number of sulfonamides is 1. The molecule has 0 saturated carbocycles. The molecule has 1 aromatic rings. The van der Waals surface area contributed by atoms with Gasteiger partial charge in [0, 0.05) is 18.3 Å². The summed E-state index contributed by atoms with van der Waals surface area (Å²) in [5.74, 6) is 0.797. The lowest BCUT2D eigenvalue weighted by Crippen LogP contribution is -2.33. The summed E-state index contributed by atoms with van der Waals surface area (Å²) in [6.07, 6.45) is 6.41. The lowest BCUT2D eigenvalue weighted by atomic mass is 9.77. The van der Waals surface area contributed by atoms with Gasteiger partial charge in [-0.3, -0.25) is 0 Å². The third-order valence-corrected chi connectivity index (χ3v) is 7.93. The third-order valence-electron chi connectivity index (χ3n) is 4.56. The Kier molecular flexibility index (Phi) is 7.85. The molecule has 0 aromatic heterocycles. The standard InChI is InChI=1S/C19H28N2O3S3/c1-14-6-9-16(10-7-14)27(22,23)21-20-18(25-5)26-13-15-8-11-17(24-4)19(2,3)12-15/h6-7,9-10,12,17,21H,8,11,13H2,1-5H3/b20-18+. The molecule has 8 heteroatoms. The highest BCUT2D eigenvalue weighted by atomic mass is 32.2. The molecular weight excluding hydrogens is 400 g/mol. The zero-order chi connectivity index (χ0) is 20.1. The summed E-state index contributed by atoms with van der Waals surface area (Å²) >= 11 is 2.99. The van der Waals surface area contributed by atoms with Gasteiger partial charge in [0.05, 0.1) is 11.0 Å². The molecule has 2 rings (SSSR count). The van der Waals surface area contributed by atoms with E-state index < -0.39 is 10.0 Å². The predicted octanol–water partition coefficient (Wildman–Crippen LogP) is 4.40. The Hall–Kier alpha value is -0.960. The summed E-state index contributed by atoms with van der Waals surface area (Å²) in [6, 6.07) is 6.71. The molecule has 1 aliphatic rings. The van der Waals surface area contributed by atoms with Gasteiger partial charge in [-0.05, 0) is 38.2 Å². The van der Waals surface area contributed by atoms with Crippen molar-refractivity contribution in [2.24, 2.45) is 10.5 Å². The number of nitrogens with zero attached hydrogens (tertiary/aromatic N) is 1. The number of hydrogen-bond donors (Lipinski definition) is 1. The first-order valence-electron chi connectivity index (χ1n) is 8.74. The molecule has 0 bridgehead atoms. The van der Waals surface area contributed by atoms with Gasteiger partial charge in [0.1, 0.15) is 0 Å². The second kappa shape index (κ2) is 9.49. The van der Waals surface area contributed by atoms with Gasteiger partial charge in [-0.1, -0.05) is 55.0 Å². The molecule has 1 aromatic carbocycles. The molecular formula is C19H28N2O3S3. The minimum Gasteiger partial charge on any atom is -0.381 e. The van der Waals surface area contributed by atoms with E-state index in [0.29, 0.717) is 4.38 Å². The monoisotopic (exact) mass is 428 g/mol. The van der Waals surface area contributed by atoms with Crippen molar-refractivity contribution in [1.29, 1.82) is 0 Å². The lowest BCUT2D eigenvalue weighted by Gasteiger charge is -2.35. The van der Waals surface area contributed by atoms with Crippen LogP contribution < -0.4 is 4.83 Å². The van der Waals surface area contributed by atoms with Crippen LogP contribution in [0, 0.1) is 12.3 Å². The number of ether oxygens (including phenoxy) is 1. The number of aryl methyl sites for hydroxylation is 1. The normalized spacial score (nSPS) is 20.3. The summed E-state index contributed by atoms with van der Waals surface area (Å²) in [5, 5.41) is 4.12. The first-order valence-corrected chi connectivity index (χ1v) is 12.4. The number of methoxy groups -OCH3 is 1.